The maximum Gasteiger partial charge on any atom is 0.224 e. The van der Waals surface area contributed by atoms with E-state index in [1.54, 1.807) is 0 Å². The van der Waals surface area contributed by atoms with Crippen LogP contribution in [0.1, 0.15) is 25.8 Å². The van der Waals surface area contributed by atoms with Crippen molar-refractivity contribution < 1.29 is 9.53 Å². The molecule has 0 fully saturated rings. The molecule has 0 radical (unpaired) electrons. The lowest BCUT2D eigenvalue weighted by atomic mass is 10.1. The molecular weight excluding hydrogens is 276 g/mol. The summed E-state index contributed by atoms with van der Waals surface area (Å²) in [6.45, 7) is 3.91. The third-order valence-electron chi connectivity index (χ3n) is 3.12. The summed E-state index contributed by atoms with van der Waals surface area (Å²) in [4.78, 5) is 12.1. The van der Waals surface area contributed by atoms with Gasteiger partial charge in [-0.3, -0.25) is 4.79 Å². The van der Waals surface area contributed by atoms with E-state index in [0.29, 0.717) is 30.0 Å². The van der Waals surface area contributed by atoms with Gasteiger partial charge in [-0.2, -0.15) is 0 Å². The Morgan fingerprint density at radius 2 is 1.95 bits per heavy atom. The maximum absolute atomic E-state index is 12.1. The Morgan fingerprint density at radius 3 is 2.68 bits per heavy atom. The number of nitrogens with two attached hydrogens (primary N) is 1. The predicted octanol–water partition coefficient (Wildman–Crippen LogP) is 3.63. The van der Waals surface area contributed by atoms with Crippen LogP contribution in [-0.4, -0.2) is 12.0 Å². The second-order valence-corrected chi connectivity index (χ2v) is 5.46. The van der Waals surface area contributed by atoms with E-state index in [9.17, 15) is 4.79 Å². The fourth-order valence-corrected chi connectivity index (χ4v) is 2.15. The third-order valence-corrected chi connectivity index (χ3v) is 3.12. The molecule has 0 aliphatic rings. The molecule has 0 heterocycles. The highest BCUT2D eigenvalue weighted by Crippen LogP contribution is 2.25. The number of carbonyl (C=O) groups excluding carboxylic acids is 1. The summed E-state index contributed by atoms with van der Waals surface area (Å²) < 4.78 is 5.69. The molecule has 22 heavy (non-hydrogen) atoms. The van der Waals surface area contributed by atoms with Gasteiger partial charge >= 0.3 is 0 Å². The maximum atomic E-state index is 12.1. The van der Waals surface area contributed by atoms with E-state index in [0.717, 1.165) is 5.56 Å². The molecule has 1 amide bonds. The van der Waals surface area contributed by atoms with E-state index >= 15 is 0 Å². The predicted molar refractivity (Wildman–Crippen MR) is 90.0 cm³/mol. The van der Waals surface area contributed by atoms with Crippen molar-refractivity contribution in [2.75, 3.05) is 11.1 Å². The number of anilines is 2. The SMILES string of the molecule is CC(C)Oc1ccccc1NC(=O)CCc1cccc(N)c1. The van der Waals surface area contributed by atoms with Gasteiger partial charge < -0.3 is 15.8 Å². The standard InChI is InChI=1S/C18H22N2O2/c1-13(2)22-17-9-4-3-8-16(17)20-18(21)11-10-14-6-5-7-15(19)12-14/h3-9,12-13H,10-11,19H2,1-2H3,(H,20,21). The summed E-state index contributed by atoms with van der Waals surface area (Å²) in [5, 5.41) is 2.91. The summed E-state index contributed by atoms with van der Waals surface area (Å²) in [5.41, 5.74) is 8.21. The lowest BCUT2D eigenvalue weighted by Gasteiger charge is -2.14. The van der Waals surface area contributed by atoms with Crippen molar-refractivity contribution in [3.05, 3.63) is 54.1 Å². The topological polar surface area (TPSA) is 64.3 Å². The highest BCUT2D eigenvalue weighted by atomic mass is 16.5. The highest BCUT2D eigenvalue weighted by Gasteiger charge is 2.09. The van der Waals surface area contributed by atoms with Crippen LogP contribution in [0.15, 0.2) is 48.5 Å². The lowest BCUT2D eigenvalue weighted by Crippen LogP contribution is -2.14. The molecular formula is C18H22N2O2. The zero-order chi connectivity index (χ0) is 15.9. The molecule has 116 valence electrons. The first-order chi connectivity index (χ1) is 10.5. The fourth-order valence-electron chi connectivity index (χ4n) is 2.15. The largest absolute Gasteiger partial charge is 0.489 e. The normalized spacial score (nSPS) is 10.5. The Kier molecular flexibility index (Phi) is 5.42. The minimum atomic E-state index is -0.0396. The van der Waals surface area contributed by atoms with Crippen molar-refractivity contribution >= 4 is 17.3 Å². The van der Waals surface area contributed by atoms with Crippen molar-refractivity contribution in [2.45, 2.75) is 32.8 Å². The van der Waals surface area contributed by atoms with Crippen LogP contribution in [0, 0.1) is 0 Å². The van der Waals surface area contributed by atoms with Crippen molar-refractivity contribution in [1.29, 1.82) is 0 Å². The molecule has 0 aliphatic heterocycles. The van der Waals surface area contributed by atoms with Gasteiger partial charge in [-0.15, -0.1) is 0 Å². The Morgan fingerprint density at radius 1 is 1.18 bits per heavy atom. The van der Waals surface area contributed by atoms with E-state index in [2.05, 4.69) is 5.32 Å². The molecule has 0 unspecified atom stereocenters. The molecule has 0 saturated heterocycles. The molecule has 3 N–H and O–H groups in total. The third kappa shape index (κ3) is 4.81. The van der Waals surface area contributed by atoms with Gasteiger partial charge in [-0.25, -0.2) is 0 Å². The molecule has 2 aromatic rings. The molecule has 2 aromatic carbocycles. The summed E-state index contributed by atoms with van der Waals surface area (Å²) in [5.74, 6) is 0.650. The first-order valence-electron chi connectivity index (χ1n) is 7.44. The second-order valence-electron chi connectivity index (χ2n) is 5.46. The molecule has 0 bridgehead atoms. The number of nitrogens with one attached hydrogen (secondary N) is 1. The number of aryl methyl sites for hydroxylation is 1. The van der Waals surface area contributed by atoms with Crippen molar-refractivity contribution in [1.82, 2.24) is 0 Å². The second kappa shape index (κ2) is 7.50. The zero-order valence-electron chi connectivity index (χ0n) is 13.0. The van der Waals surface area contributed by atoms with Gasteiger partial charge in [0.05, 0.1) is 11.8 Å². The number of ether oxygens (including phenoxy) is 1. The number of hydrogen-bond donors (Lipinski definition) is 2. The molecule has 0 atom stereocenters. The molecule has 0 aliphatic carbocycles. The monoisotopic (exact) mass is 298 g/mol. The van der Waals surface area contributed by atoms with Crippen LogP contribution in [0.25, 0.3) is 0 Å². The molecule has 0 aromatic heterocycles. The van der Waals surface area contributed by atoms with Crippen LogP contribution < -0.4 is 15.8 Å². The minimum absolute atomic E-state index is 0.0396. The van der Waals surface area contributed by atoms with Gasteiger partial charge in [0.2, 0.25) is 5.91 Å². The molecule has 0 saturated carbocycles. The minimum Gasteiger partial charge on any atom is -0.489 e. The van der Waals surface area contributed by atoms with Crippen LogP contribution >= 0.6 is 0 Å². The van der Waals surface area contributed by atoms with Gasteiger partial charge in [0.15, 0.2) is 0 Å². The van der Waals surface area contributed by atoms with Crippen molar-refractivity contribution in [3.63, 3.8) is 0 Å². The average Bonchev–Trinajstić information content (AvgIpc) is 2.47. The number of hydrogen-bond acceptors (Lipinski definition) is 3. The van der Waals surface area contributed by atoms with Crippen LogP contribution in [-0.2, 0) is 11.2 Å². The van der Waals surface area contributed by atoms with Gasteiger partial charge in [0.25, 0.3) is 0 Å². The van der Waals surface area contributed by atoms with E-state index in [1.165, 1.54) is 0 Å². The Hall–Kier alpha value is -2.49. The number of para-hydroxylation sites is 2. The number of benzene rings is 2. The first-order valence-corrected chi connectivity index (χ1v) is 7.44. The summed E-state index contributed by atoms with van der Waals surface area (Å²) in [6.07, 6.45) is 1.12. The quantitative estimate of drug-likeness (QED) is 0.800. The van der Waals surface area contributed by atoms with Gasteiger partial charge in [0, 0.05) is 12.1 Å². The van der Waals surface area contributed by atoms with Gasteiger partial charge in [0.1, 0.15) is 5.75 Å². The number of nitrogen functional groups attached to an aromatic ring is 1. The molecule has 0 spiro atoms. The van der Waals surface area contributed by atoms with Gasteiger partial charge in [-0.1, -0.05) is 24.3 Å². The van der Waals surface area contributed by atoms with E-state index in [-0.39, 0.29) is 12.0 Å². The van der Waals surface area contributed by atoms with Crippen LogP contribution in [0.4, 0.5) is 11.4 Å². The fraction of sp³-hybridized carbons (Fsp3) is 0.278. The summed E-state index contributed by atoms with van der Waals surface area (Å²) >= 11 is 0. The Balaban J connectivity index is 1.95. The van der Waals surface area contributed by atoms with Gasteiger partial charge in [-0.05, 0) is 50.1 Å². The highest BCUT2D eigenvalue weighted by molar-refractivity contribution is 5.92. The average molecular weight is 298 g/mol. The van der Waals surface area contributed by atoms with Crippen LogP contribution in [0.3, 0.4) is 0 Å². The summed E-state index contributed by atoms with van der Waals surface area (Å²) in [7, 11) is 0. The van der Waals surface area contributed by atoms with Crippen LogP contribution in [0.2, 0.25) is 0 Å². The smallest absolute Gasteiger partial charge is 0.224 e. The van der Waals surface area contributed by atoms with Crippen molar-refractivity contribution in [3.8, 4) is 5.75 Å². The summed E-state index contributed by atoms with van der Waals surface area (Å²) in [6, 6.07) is 15.1. The Bertz CT molecular complexity index is 638. The number of carbonyl (C=O) groups is 1. The molecule has 4 nitrogen and oxygen atoms in total. The van der Waals surface area contributed by atoms with E-state index in [1.807, 2.05) is 62.4 Å². The molecule has 4 heteroatoms. The van der Waals surface area contributed by atoms with Crippen LogP contribution in [0.5, 0.6) is 5.75 Å². The first kappa shape index (κ1) is 15.9. The lowest BCUT2D eigenvalue weighted by molar-refractivity contribution is -0.116. The van der Waals surface area contributed by atoms with E-state index in [4.69, 9.17) is 10.5 Å². The van der Waals surface area contributed by atoms with E-state index < -0.39 is 0 Å². The molecule has 2 rings (SSSR count). The number of amides is 1. The zero-order valence-corrected chi connectivity index (χ0v) is 13.0. The number of rotatable bonds is 6. The Labute approximate surface area is 131 Å². The van der Waals surface area contributed by atoms with Crippen molar-refractivity contribution in [2.24, 2.45) is 0 Å².